The molecule has 1 aromatic heterocycles. The van der Waals surface area contributed by atoms with Gasteiger partial charge in [0.05, 0.1) is 16.8 Å². The Balaban J connectivity index is 2.44. The monoisotopic (exact) mass is 379 g/mol. The van der Waals surface area contributed by atoms with Crippen molar-refractivity contribution in [3.63, 3.8) is 0 Å². The standard InChI is InChI=1S/C16H14BrNO5/c1-2-22-16(21)12-13(17)11(8-19)18-15(20)14(12)23-9-10-6-4-3-5-7-10/h3-8H,2,9H2,1H3,(H,18,20). The predicted molar refractivity (Wildman–Crippen MR) is 86.9 cm³/mol. The van der Waals surface area contributed by atoms with E-state index in [2.05, 4.69) is 20.9 Å². The molecular formula is C16H14BrNO5. The van der Waals surface area contributed by atoms with Gasteiger partial charge >= 0.3 is 5.97 Å². The molecular weight excluding hydrogens is 366 g/mol. The molecule has 0 unspecified atom stereocenters. The maximum Gasteiger partial charge on any atom is 0.343 e. The molecule has 0 aliphatic carbocycles. The normalized spacial score (nSPS) is 10.2. The predicted octanol–water partition coefficient (Wildman–Crippen LogP) is 2.71. The molecule has 0 atom stereocenters. The lowest BCUT2D eigenvalue weighted by Crippen LogP contribution is -2.20. The number of rotatable bonds is 6. The lowest BCUT2D eigenvalue weighted by atomic mass is 10.2. The van der Waals surface area contributed by atoms with Crippen molar-refractivity contribution in [3.05, 3.63) is 62.0 Å². The SMILES string of the molecule is CCOC(=O)c1c(Br)c(C=O)[nH]c(=O)c1OCc1ccccc1. The first-order valence-corrected chi connectivity index (χ1v) is 7.62. The van der Waals surface area contributed by atoms with Crippen LogP contribution in [0.3, 0.4) is 0 Å². The Bertz CT molecular complexity index is 770. The van der Waals surface area contributed by atoms with Crippen LogP contribution in [0.1, 0.15) is 33.3 Å². The highest BCUT2D eigenvalue weighted by molar-refractivity contribution is 9.10. The second-order valence-corrected chi connectivity index (χ2v) is 5.29. The van der Waals surface area contributed by atoms with Gasteiger partial charge in [0.2, 0.25) is 5.75 Å². The molecule has 0 aliphatic rings. The van der Waals surface area contributed by atoms with Gasteiger partial charge < -0.3 is 14.5 Å². The van der Waals surface area contributed by atoms with Crippen LogP contribution in [-0.4, -0.2) is 23.8 Å². The molecule has 0 radical (unpaired) electrons. The minimum absolute atomic E-state index is 0.0508. The Labute approximate surface area is 140 Å². The summed E-state index contributed by atoms with van der Waals surface area (Å²) in [7, 11) is 0. The van der Waals surface area contributed by atoms with Crippen molar-refractivity contribution in [3.8, 4) is 5.75 Å². The third kappa shape index (κ3) is 3.87. The number of carbonyl (C=O) groups is 2. The van der Waals surface area contributed by atoms with E-state index < -0.39 is 11.5 Å². The van der Waals surface area contributed by atoms with Crippen LogP contribution in [0.25, 0.3) is 0 Å². The van der Waals surface area contributed by atoms with Crippen molar-refractivity contribution in [1.82, 2.24) is 4.98 Å². The van der Waals surface area contributed by atoms with Gasteiger partial charge in [-0.1, -0.05) is 30.3 Å². The summed E-state index contributed by atoms with van der Waals surface area (Å²) in [4.78, 5) is 37.6. The Morgan fingerprint density at radius 1 is 1.30 bits per heavy atom. The first-order chi connectivity index (χ1) is 11.1. The van der Waals surface area contributed by atoms with Crippen molar-refractivity contribution >= 4 is 28.2 Å². The average Bonchev–Trinajstić information content (AvgIpc) is 2.56. The van der Waals surface area contributed by atoms with Crippen LogP contribution in [0.4, 0.5) is 0 Å². The van der Waals surface area contributed by atoms with Gasteiger partial charge in [-0.25, -0.2) is 4.79 Å². The number of aromatic nitrogens is 1. The van der Waals surface area contributed by atoms with Crippen LogP contribution < -0.4 is 10.3 Å². The maximum atomic E-state index is 12.1. The molecule has 0 saturated heterocycles. The Kier molecular flexibility index (Phi) is 5.70. The highest BCUT2D eigenvalue weighted by Gasteiger charge is 2.24. The number of hydrogen-bond acceptors (Lipinski definition) is 5. The molecule has 23 heavy (non-hydrogen) atoms. The van der Waals surface area contributed by atoms with Crippen molar-refractivity contribution in [1.29, 1.82) is 0 Å². The van der Waals surface area contributed by atoms with Gasteiger partial charge in [0, 0.05) is 0 Å². The Hall–Kier alpha value is -2.41. The summed E-state index contributed by atoms with van der Waals surface area (Å²) in [5.41, 5.74) is 0.00493. The zero-order valence-corrected chi connectivity index (χ0v) is 13.9. The maximum absolute atomic E-state index is 12.1. The molecule has 0 saturated carbocycles. The summed E-state index contributed by atoms with van der Waals surface area (Å²) >= 11 is 3.14. The number of halogens is 1. The van der Waals surface area contributed by atoms with Gasteiger partial charge in [0.25, 0.3) is 5.56 Å². The fourth-order valence-electron chi connectivity index (χ4n) is 1.92. The van der Waals surface area contributed by atoms with Crippen LogP contribution in [0, 0.1) is 0 Å². The van der Waals surface area contributed by atoms with E-state index >= 15 is 0 Å². The first-order valence-electron chi connectivity index (χ1n) is 6.83. The van der Waals surface area contributed by atoms with E-state index in [9.17, 15) is 14.4 Å². The van der Waals surface area contributed by atoms with Gasteiger partial charge in [0.15, 0.2) is 6.29 Å². The van der Waals surface area contributed by atoms with E-state index in [0.29, 0.717) is 6.29 Å². The lowest BCUT2D eigenvalue weighted by Gasteiger charge is -2.12. The van der Waals surface area contributed by atoms with Gasteiger partial charge in [-0.3, -0.25) is 9.59 Å². The molecule has 120 valence electrons. The summed E-state index contributed by atoms with van der Waals surface area (Å²) in [6.45, 7) is 1.87. The fourth-order valence-corrected chi connectivity index (χ4v) is 2.45. The summed E-state index contributed by atoms with van der Waals surface area (Å²) in [6, 6.07) is 9.18. The fraction of sp³-hybridized carbons (Fsp3) is 0.188. The van der Waals surface area contributed by atoms with E-state index in [1.807, 2.05) is 30.3 Å². The Morgan fingerprint density at radius 2 is 2.00 bits per heavy atom. The Morgan fingerprint density at radius 3 is 2.61 bits per heavy atom. The molecule has 0 amide bonds. The number of benzene rings is 1. The minimum Gasteiger partial charge on any atom is -0.482 e. The third-order valence-electron chi connectivity index (χ3n) is 2.96. The number of esters is 1. The number of carbonyl (C=O) groups excluding carboxylic acids is 2. The van der Waals surface area contributed by atoms with Crippen LogP contribution in [-0.2, 0) is 11.3 Å². The number of aldehydes is 1. The molecule has 0 bridgehead atoms. The number of nitrogens with one attached hydrogen (secondary N) is 1. The highest BCUT2D eigenvalue weighted by Crippen LogP contribution is 2.26. The van der Waals surface area contributed by atoms with E-state index in [1.54, 1.807) is 6.92 Å². The first kappa shape index (κ1) is 17.0. The number of pyridine rings is 1. The van der Waals surface area contributed by atoms with Gasteiger partial charge in [-0.2, -0.15) is 0 Å². The molecule has 1 aromatic carbocycles. The number of H-pyrrole nitrogens is 1. The molecule has 1 N–H and O–H groups in total. The number of aromatic amines is 1. The van der Waals surface area contributed by atoms with Crippen molar-refractivity contribution in [2.24, 2.45) is 0 Å². The largest absolute Gasteiger partial charge is 0.482 e. The summed E-state index contributed by atoms with van der Waals surface area (Å²) in [5, 5.41) is 0. The zero-order chi connectivity index (χ0) is 16.8. The number of hydrogen-bond donors (Lipinski definition) is 1. The topological polar surface area (TPSA) is 85.5 Å². The van der Waals surface area contributed by atoms with Gasteiger partial charge in [-0.15, -0.1) is 0 Å². The highest BCUT2D eigenvalue weighted by atomic mass is 79.9. The molecule has 2 rings (SSSR count). The molecule has 6 nitrogen and oxygen atoms in total. The van der Waals surface area contributed by atoms with E-state index in [1.165, 1.54) is 0 Å². The van der Waals surface area contributed by atoms with E-state index in [0.717, 1.165) is 5.56 Å². The number of ether oxygens (including phenoxy) is 2. The van der Waals surface area contributed by atoms with Crippen molar-refractivity contribution in [2.45, 2.75) is 13.5 Å². The van der Waals surface area contributed by atoms with Crippen molar-refractivity contribution < 1.29 is 19.1 Å². The zero-order valence-electron chi connectivity index (χ0n) is 12.3. The second kappa shape index (κ2) is 7.73. The quantitative estimate of drug-likeness (QED) is 0.615. The van der Waals surface area contributed by atoms with Crippen LogP contribution >= 0.6 is 15.9 Å². The molecule has 7 heteroatoms. The van der Waals surface area contributed by atoms with E-state index in [-0.39, 0.29) is 34.7 Å². The van der Waals surface area contributed by atoms with Gasteiger partial charge in [-0.05, 0) is 28.4 Å². The molecule has 0 aliphatic heterocycles. The van der Waals surface area contributed by atoms with E-state index in [4.69, 9.17) is 9.47 Å². The molecule has 0 spiro atoms. The average molecular weight is 380 g/mol. The summed E-state index contributed by atoms with van der Waals surface area (Å²) in [5.74, 6) is -0.929. The van der Waals surface area contributed by atoms with Crippen molar-refractivity contribution in [2.75, 3.05) is 6.61 Å². The summed E-state index contributed by atoms with van der Waals surface area (Å²) in [6.07, 6.45) is 0.440. The molecule has 1 heterocycles. The molecule has 2 aromatic rings. The van der Waals surface area contributed by atoms with Crippen LogP contribution in [0.2, 0.25) is 0 Å². The second-order valence-electron chi connectivity index (χ2n) is 4.50. The van der Waals surface area contributed by atoms with Crippen LogP contribution in [0.15, 0.2) is 39.6 Å². The van der Waals surface area contributed by atoms with Crippen LogP contribution in [0.5, 0.6) is 5.75 Å². The lowest BCUT2D eigenvalue weighted by molar-refractivity contribution is 0.0519. The molecule has 0 fully saturated rings. The van der Waals surface area contributed by atoms with Gasteiger partial charge in [0.1, 0.15) is 12.2 Å². The smallest absolute Gasteiger partial charge is 0.343 e. The minimum atomic E-state index is -0.739. The summed E-state index contributed by atoms with van der Waals surface area (Å²) < 4.78 is 10.6. The third-order valence-corrected chi connectivity index (χ3v) is 3.78.